The first-order chi connectivity index (χ1) is 13.7. The Morgan fingerprint density at radius 1 is 1.21 bits per heavy atom. The number of amides is 1. The molecule has 5 heteroatoms. The molecule has 1 amide bonds. The third kappa shape index (κ3) is 4.60. The van der Waals surface area contributed by atoms with Crippen LogP contribution in [-0.2, 0) is 11.2 Å². The molecule has 1 aromatic heterocycles. The van der Waals surface area contributed by atoms with Crippen molar-refractivity contribution in [2.24, 2.45) is 0 Å². The average molecular weight is 369 g/mol. The number of carbonyl (C=O) groups excluding carboxylic acids is 1. The van der Waals surface area contributed by atoms with E-state index in [1.54, 1.807) is 30.3 Å². The summed E-state index contributed by atoms with van der Waals surface area (Å²) in [5.41, 5.74) is 2.98. The third-order valence-electron chi connectivity index (χ3n) is 4.23. The van der Waals surface area contributed by atoms with Gasteiger partial charge in [0.25, 0.3) is 5.91 Å². The van der Waals surface area contributed by atoms with Gasteiger partial charge in [0.2, 0.25) is 0 Å². The Balaban J connectivity index is 1.59. The molecular weight excluding hydrogens is 350 g/mol. The van der Waals surface area contributed by atoms with Crippen molar-refractivity contribution in [2.45, 2.75) is 6.42 Å². The highest BCUT2D eigenvalue weighted by molar-refractivity contribution is 6.01. The van der Waals surface area contributed by atoms with Crippen LogP contribution in [-0.4, -0.2) is 24.0 Å². The molecule has 2 N–H and O–H groups in total. The van der Waals surface area contributed by atoms with E-state index in [-0.39, 0.29) is 12.2 Å². The lowest BCUT2D eigenvalue weighted by atomic mass is 10.1. The molecule has 0 aliphatic heterocycles. The molecule has 0 saturated heterocycles. The van der Waals surface area contributed by atoms with E-state index in [0.29, 0.717) is 18.7 Å². The zero-order valence-electron chi connectivity index (χ0n) is 15.2. The summed E-state index contributed by atoms with van der Waals surface area (Å²) in [6.07, 6.45) is 9.32. The number of para-hydroxylation sites is 1. The number of fused-ring (bicyclic) bond motifs is 1. The number of aromatic nitrogens is 1. The molecule has 0 atom stereocenters. The van der Waals surface area contributed by atoms with Gasteiger partial charge in [0.15, 0.2) is 0 Å². The molecule has 0 spiro atoms. The Bertz CT molecular complexity index is 1080. The number of nitrogens with zero attached hydrogens (tertiary/aromatic N) is 1. The van der Waals surface area contributed by atoms with Crippen LogP contribution >= 0.6 is 0 Å². The Hall–Kier alpha value is -3.96. The van der Waals surface area contributed by atoms with Crippen LogP contribution < -0.4 is 10.1 Å². The number of terminal acetylenes is 1. The lowest BCUT2D eigenvalue weighted by molar-refractivity contribution is -0.117. The lowest BCUT2D eigenvalue weighted by Crippen LogP contribution is -2.26. The number of rotatable bonds is 7. The predicted molar refractivity (Wildman–Crippen MR) is 109 cm³/mol. The summed E-state index contributed by atoms with van der Waals surface area (Å²) >= 11 is 0. The van der Waals surface area contributed by atoms with Crippen LogP contribution in [0.5, 0.6) is 5.75 Å². The fourth-order valence-electron chi connectivity index (χ4n) is 2.84. The molecule has 0 fully saturated rings. The van der Waals surface area contributed by atoms with Crippen LogP contribution in [0.1, 0.15) is 11.1 Å². The number of nitriles is 1. The minimum Gasteiger partial charge on any atom is -0.481 e. The molecule has 3 aromatic rings. The largest absolute Gasteiger partial charge is 0.481 e. The number of ether oxygens (including phenoxy) is 1. The second-order valence-corrected chi connectivity index (χ2v) is 6.10. The number of nitrogens with one attached hydrogen (secondary N) is 2. The Morgan fingerprint density at radius 2 is 2.00 bits per heavy atom. The summed E-state index contributed by atoms with van der Waals surface area (Å²) in [5.74, 6) is 2.64. The van der Waals surface area contributed by atoms with Gasteiger partial charge in [-0.05, 0) is 41.8 Å². The van der Waals surface area contributed by atoms with Gasteiger partial charge >= 0.3 is 0 Å². The number of hydrogen-bond donors (Lipinski definition) is 2. The second-order valence-electron chi connectivity index (χ2n) is 6.10. The molecule has 138 valence electrons. The third-order valence-corrected chi connectivity index (χ3v) is 4.23. The van der Waals surface area contributed by atoms with Gasteiger partial charge in [0, 0.05) is 23.6 Å². The van der Waals surface area contributed by atoms with E-state index in [1.807, 2.05) is 36.5 Å². The molecule has 5 nitrogen and oxygen atoms in total. The molecule has 2 aromatic carbocycles. The average Bonchev–Trinajstić information content (AvgIpc) is 3.14. The molecule has 0 aliphatic rings. The predicted octanol–water partition coefficient (Wildman–Crippen LogP) is 3.45. The van der Waals surface area contributed by atoms with Crippen molar-refractivity contribution in [3.8, 4) is 24.2 Å². The summed E-state index contributed by atoms with van der Waals surface area (Å²) in [7, 11) is 0. The molecule has 0 bridgehead atoms. The molecule has 0 saturated carbocycles. The van der Waals surface area contributed by atoms with Crippen LogP contribution in [0.4, 0.5) is 0 Å². The van der Waals surface area contributed by atoms with Crippen LogP contribution in [0.2, 0.25) is 0 Å². The standard InChI is InChI=1S/C23H19N3O2/c1-2-13-28-20-9-7-17(8-10-20)14-19(15-24)23(27)25-12-11-18-16-26-22-6-4-3-5-21(18)22/h1,3-10,14,16,26H,11-13H2,(H,25,27)/b19-14-. The van der Waals surface area contributed by atoms with Crippen molar-refractivity contribution in [3.05, 3.63) is 71.4 Å². The van der Waals surface area contributed by atoms with Gasteiger partial charge in [-0.1, -0.05) is 36.3 Å². The summed E-state index contributed by atoms with van der Waals surface area (Å²) in [5, 5.41) is 13.3. The van der Waals surface area contributed by atoms with Crippen molar-refractivity contribution in [1.29, 1.82) is 5.26 Å². The molecule has 0 aliphatic carbocycles. The quantitative estimate of drug-likeness (QED) is 0.380. The van der Waals surface area contributed by atoms with Crippen molar-refractivity contribution in [1.82, 2.24) is 10.3 Å². The van der Waals surface area contributed by atoms with Crippen molar-refractivity contribution in [2.75, 3.05) is 13.2 Å². The SMILES string of the molecule is C#CCOc1ccc(/C=C(/C#N)C(=O)NCCc2c[nH]c3ccccc23)cc1. The Morgan fingerprint density at radius 3 is 2.75 bits per heavy atom. The highest BCUT2D eigenvalue weighted by Gasteiger charge is 2.09. The monoisotopic (exact) mass is 369 g/mol. The zero-order chi connectivity index (χ0) is 19.8. The van der Waals surface area contributed by atoms with Gasteiger partial charge in [-0.25, -0.2) is 0 Å². The summed E-state index contributed by atoms with van der Waals surface area (Å²) in [4.78, 5) is 15.5. The lowest BCUT2D eigenvalue weighted by Gasteiger charge is -2.05. The van der Waals surface area contributed by atoms with Crippen LogP contribution in [0, 0.1) is 23.7 Å². The molecule has 0 radical (unpaired) electrons. The fraction of sp³-hybridized carbons (Fsp3) is 0.130. The first kappa shape index (κ1) is 18.8. The maximum atomic E-state index is 12.3. The molecule has 1 heterocycles. The molecule has 3 rings (SSSR count). The van der Waals surface area contributed by atoms with Gasteiger partial charge in [0.1, 0.15) is 24.0 Å². The number of aromatic amines is 1. The van der Waals surface area contributed by atoms with Gasteiger partial charge in [-0.15, -0.1) is 6.42 Å². The van der Waals surface area contributed by atoms with Crippen molar-refractivity contribution in [3.63, 3.8) is 0 Å². The second kappa shape index (κ2) is 9.12. The number of carbonyl (C=O) groups is 1. The first-order valence-electron chi connectivity index (χ1n) is 8.82. The molecule has 0 unspecified atom stereocenters. The van der Waals surface area contributed by atoms with Crippen molar-refractivity contribution >= 4 is 22.9 Å². The maximum Gasteiger partial charge on any atom is 0.261 e. The van der Waals surface area contributed by atoms with Crippen LogP contribution in [0.15, 0.2) is 60.3 Å². The normalized spacial score (nSPS) is 10.9. The smallest absolute Gasteiger partial charge is 0.261 e. The Labute approximate surface area is 163 Å². The highest BCUT2D eigenvalue weighted by Crippen LogP contribution is 2.18. The van der Waals surface area contributed by atoms with E-state index in [9.17, 15) is 10.1 Å². The molecular formula is C23H19N3O2. The minimum atomic E-state index is -0.394. The van der Waals surface area contributed by atoms with E-state index in [2.05, 4.69) is 16.2 Å². The van der Waals surface area contributed by atoms with E-state index < -0.39 is 5.91 Å². The fourth-order valence-corrected chi connectivity index (χ4v) is 2.84. The highest BCUT2D eigenvalue weighted by atomic mass is 16.5. The van der Waals surface area contributed by atoms with E-state index >= 15 is 0 Å². The van der Waals surface area contributed by atoms with Gasteiger partial charge < -0.3 is 15.0 Å². The van der Waals surface area contributed by atoms with E-state index in [0.717, 1.165) is 22.0 Å². The topological polar surface area (TPSA) is 77.9 Å². The first-order valence-corrected chi connectivity index (χ1v) is 8.82. The molecule has 28 heavy (non-hydrogen) atoms. The summed E-state index contributed by atoms with van der Waals surface area (Å²) in [6.45, 7) is 0.635. The van der Waals surface area contributed by atoms with E-state index in [4.69, 9.17) is 11.2 Å². The van der Waals surface area contributed by atoms with Gasteiger partial charge in [0.05, 0.1) is 0 Å². The number of hydrogen-bond acceptors (Lipinski definition) is 3. The Kier molecular flexibility index (Phi) is 6.13. The van der Waals surface area contributed by atoms with Crippen LogP contribution in [0.25, 0.3) is 17.0 Å². The number of benzene rings is 2. The summed E-state index contributed by atoms with van der Waals surface area (Å²) in [6, 6.07) is 17.0. The minimum absolute atomic E-state index is 0.0521. The zero-order valence-corrected chi connectivity index (χ0v) is 15.2. The van der Waals surface area contributed by atoms with Gasteiger partial charge in [-0.2, -0.15) is 5.26 Å². The summed E-state index contributed by atoms with van der Waals surface area (Å²) < 4.78 is 5.30. The maximum absolute atomic E-state index is 12.3. The van der Waals surface area contributed by atoms with E-state index in [1.165, 1.54) is 0 Å². The number of H-pyrrole nitrogens is 1. The van der Waals surface area contributed by atoms with Gasteiger partial charge in [-0.3, -0.25) is 4.79 Å². The van der Waals surface area contributed by atoms with Crippen molar-refractivity contribution < 1.29 is 9.53 Å². The van der Waals surface area contributed by atoms with Crippen LogP contribution in [0.3, 0.4) is 0 Å².